The van der Waals surface area contributed by atoms with Crippen LogP contribution in [0.25, 0.3) is 22.4 Å². The van der Waals surface area contributed by atoms with Gasteiger partial charge in [-0.1, -0.05) is 43.6 Å². The van der Waals surface area contributed by atoms with E-state index in [-0.39, 0.29) is 5.69 Å². The number of halogens is 3. The molecule has 0 saturated carbocycles. The summed E-state index contributed by atoms with van der Waals surface area (Å²) in [6.45, 7) is 3.79. The van der Waals surface area contributed by atoms with E-state index in [1.807, 2.05) is 44.2 Å². The molecule has 2 heterocycles. The maximum absolute atomic E-state index is 14.5. The van der Waals surface area contributed by atoms with Crippen LogP contribution in [0.15, 0.2) is 67.0 Å². The molecule has 5 rings (SSSR count). The standard InChI is InChI=1S/C26H19ClF2N2/c1-26(2,25-23(29)13-18(28)14-31-25)17-7-6-15-9-21-20(19(15)12-17)10-16(11-22(21)27)24-5-3-4-8-30-24/h3-8,10-14H,9H2,1-2H3. The fourth-order valence-corrected chi connectivity index (χ4v) is 4.60. The molecule has 0 N–H and O–H groups in total. The van der Waals surface area contributed by atoms with Crippen molar-refractivity contribution in [2.24, 2.45) is 0 Å². The summed E-state index contributed by atoms with van der Waals surface area (Å²) in [5, 5.41) is 0.710. The molecular formula is C26H19ClF2N2. The molecule has 2 aromatic carbocycles. The van der Waals surface area contributed by atoms with E-state index in [4.69, 9.17) is 11.6 Å². The molecule has 0 aliphatic heterocycles. The molecule has 0 bridgehead atoms. The molecule has 0 unspecified atom stereocenters. The fraction of sp³-hybridized carbons (Fsp3) is 0.154. The van der Waals surface area contributed by atoms with Gasteiger partial charge in [0.05, 0.1) is 17.6 Å². The predicted molar refractivity (Wildman–Crippen MR) is 119 cm³/mol. The summed E-state index contributed by atoms with van der Waals surface area (Å²) < 4.78 is 27.9. The first-order chi connectivity index (χ1) is 14.8. The third-order valence-corrected chi connectivity index (χ3v) is 6.38. The molecular weight excluding hydrogens is 414 g/mol. The third kappa shape index (κ3) is 3.31. The first-order valence-corrected chi connectivity index (χ1v) is 10.4. The van der Waals surface area contributed by atoms with Crippen molar-refractivity contribution >= 4 is 11.6 Å². The molecule has 2 aromatic heterocycles. The van der Waals surface area contributed by atoms with Gasteiger partial charge in [-0.25, -0.2) is 8.78 Å². The Morgan fingerprint density at radius 2 is 1.77 bits per heavy atom. The summed E-state index contributed by atoms with van der Waals surface area (Å²) in [7, 11) is 0. The average Bonchev–Trinajstić information content (AvgIpc) is 3.13. The van der Waals surface area contributed by atoms with E-state index in [1.54, 1.807) is 6.20 Å². The van der Waals surface area contributed by atoms with E-state index >= 15 is 0 Å². The number of nitrogens with zero attached hydrogens (tertiary/aromatic N) is 2. The van der Waals surface area contributed by atoms with E-state index in [2.05, 4.69) is 28.2 Å². The van der Waals surface area contributed by atoms with Crippen LogP contribution in [0.1, 0.15) is 36.2 Å². The Bertz CT molecular complexity index is 1320. The number of benzene rings is 2. The number of rotatable bonds is 3. The van der Waals surface area contributed by atoms with Crippen molar-refractivity contribution in [3.8, 4) is 22.4 Å². The van der Waals surface area contributed by atoms with E-state index in [0.717, 1.165) is 52.2 Å². The van der Waals surface area contributed by atoms with Gasteiger partial charge in [0.25, 0.3) is 0 Å². The van der Waals surface area contributed by atoms with Crippen LogP contribution in [0.2, 0.25) is 5.02 Å². The smallest absolute Gasteiger partial charge is 0.148 e. The summed E-state index contributed by atoms with van der Waals surface area (Å²) in [6, 6.07) is 16.9. The molecule has 31 heavy (non-hydrogen) atoms. The van der Waals surface area contributed by atoms with Gasteiger partial charge in [0.2, 0.25) is 0 Å². The zero-order valence-electron chi connectivity index (χ0n) is 17.1. The summed E-state index contributed by atoms with van der Waals surface area (Å²) in [4.78, 5) is 8.50. The minimum Gasteiger partial charge on any atom is -0.256 e. The second kappa shape index (κ2) is 7.24. The molecule has 0 radical (unpaired) electrons. The Kier molecular flexibility index (Phi) is 4.63. The lowest BCUT2D eigenvalue weighted by atomic mass is 9.79. The first-order valence-electron chi connectivity index (χ1n) is 10.0. The van der Waals surface area contributed by atoms with Gasteiger partial charge in [0, 0.05) is 34.7 Å². The molecule has 0 spiro atoms. The van der Waals surface area contributed by atoms with Crippen molar-refractivity contribution in [2.45, 2.75) is 25.7 Å². The number of pyridine rings is 2. The quantitative estimate of drug-likeness (QED) is 0.307. The highest BCUT2D eigenvalue weighted by molar-refractivity contribution is 6.32. The number of aromatic nitrogens is 2. The topological polar surface area (TPSA) is 25.8 Å². The van der Waals surface area contributed by atoms with Gasteiger partial charge in [0.1, 0.15) is 11.6 Å². The largest absolute Gasteiger partial charge is 0.256 e. The van der Waals surface area contributed by atoms with Crippen LogP contribution >= 0.6 is 11.6 Å². The van der Waals surface area contributed by atoms with E-state index in [0.29, 0.717) is 5.02 Å². The molecule has 4 aromatic rings. The van der Waals surface area contributed by atoms with Crippen LogP contribution in [0, 0.1) is 11.6 Å². The summed E-state index contributed by atoms with van der Waals surface area (Å²) >= 11 is 6.65. The molecule has 1 aliphatic rings. The number of fused-ring (bicyclic) bond motifs is 3. The molecule has 154 valence electrons. The Balaban J connectivity index is 1.63. The van der Waals surface area contributed by atoms with Crippen molar-refractivity contribution in [1.82, 2.24) is 9.97 Å². The lowest BCUT2D eigenvalue weighted by Gasteiger charge is -2.26. The van der Waals surface area contributed by atoms with Crippen molar-refractivity contribution in [1.29, 1.82) is 0 Å². The van der Waals surface area contributed by atoms with Gasteiger partial charge in [0.15, 0.2) is 0 Å². The highest BCUT2D eigenvalue weighted by Crippen LogP contribution is 2.44. The second-order valence-electron chi connectivity index (χ2n) is 8.36. The zero-order chi connectivity index (χ0) is 21.8. The Morgan fingerprint density at radius 3 is 2.52 bits per heavy atom. The monoisotopic (exact) mass is 432 g/mol. The molecule has 5 heteroatoms. The van der Waals surface area contributed by atoms with Crippen LogP contribution in [-0.4, -0.2) is 9.97 Å². The second-order valence-corrected chi connectivity index (χ2v) is 8.76. The van der Waals surface area contributed by atoms with Gasteiger partial charge < -0.3 is 0 Å². The SMILES string of the molecule is CC(C)(c1ccc2c(c1)-c1cc(-c3ccccn3)cc(Cl)c1C2)c1ncc(F)cc1F. The van der Waals surface area contributed by atoms with Crippen LogP contribution in [0.5, 0.6) is 0 Å². The third-order valence-electron chi connectivity index (χ3n) is 6.04. The molecule has 0 amide bonds. The number of hydrogen-bond acceptors (Lipinski definition) is 2. The summed E-state index contributed by atoms with van der Waals surface area (Å²) in [6.07, 6.45) is 3.56. The fourth-order valence-electron chi connectivity index (χ4n) is 4.31. The lowest BCUT2D eigenvalue weighted by Crippen LogP contribution is -2.22. The van der Waals surface area contributed by atoms with Gasteiger partial charge in [-0.15, -0.1) is 0 Å². The van der Waals surface area contributed by atoms with E-state index in [9.17, 15) is 8.78 Å². The molecule has 0 atom stereocenters. The summed E-state index contributed by atoms with van der Waals surface area (Å²) in [5.74, 6) is -1.33. The average molecular weight is 433 g/mol. The summed E-state index contributed by atoms with van der Waals surface area (Å²) in [5.41, 5.74) is 6.57. The number of hydrogen-bond donors (Lipinski definition) is 0. The highest BCUT2D eigenvalue weighted by atomic mass is 35.5. The Morgan fingerprint density at radius 1 is 0.935 bits per heavy atom. The maximum Gasteiger partial charge on any atom is 0.148 e. The van der Waals surface area contributed by atoms with Crippen molar-refractivity contribution in [2.75, 3.05) is 0 Å². The lowest BCUT2D eigenvalue weighted by molar-refractivity contribution is 0.509. The normalized spacial score (nSPS) is 12.5. The molecule has 2 nitrogen and oxygen atoms in total. The zero-order valence-corrected chi connectivity index (χ0v) is 17.8. The van der Waals surface area contributed by atoms with E-state index in [1.165, 1.54) is 5.56 Å². The van der Waals surface area contributed by atoms with Crippen molar-refractivity contribution < 1.29 is 8.78 Å². The van der Waals surface area contributed by atoms with Gasteiger partial charge in [-0.2, -0.15) is 0 Å². The molecule has 0 saturated heterocycles. The van der Waals surface area contributed by atoms with Crippen LogP contribution in [0.3, 0.4) is 0 Å². The van der Waals surface area contributed by atoms with Gasteiger partial charge in [-0.3, -0.25) is 9.97 Å². The Hall–Kier alpha value is -3.11. The van der Waals surface area contributed by atoms with Crippen LogP contribution in [0.4, 0.5) is 8.78 Å². The predicted octanol–water partition coefficient (Wildman–Crippen LogP) is 6.97. The van der Waals surface area contributed by atoms with E-state index < -0.39 is 17.0 Å². The highest BCUT2D eigenvalue weighted by Gasteiger charge is 2.31. The van der Waals surface area contributed by atoms with Gasteiger partial charge in [-0.05, 0) is 58.1 Å². The molecule has 1 aliphatic carbocycles. The van der Waals surface area contributed by atoms with Crippen molar-refractivity contribution in [3.05, 3.63) is 106 Å². The first kappa shape index (κ1) is 19.8. The minimum atomic E-state index is -0.738. The van der Waals surface area contributed by atoms with Crippen LogP contribution < -0.4 is 0 Å². The molecule has 0 fully saturated rings. The minimum absolute atomic E-state index is 0.215. The maximum atomic E-state index is 14.5. The van der Waals surface area contributed by atoms with Gasteiger partial charge >= 0.3 is 0 Å². The Labute approximate surface area is 184 Å². The van der Waals surface area contributed by atoms with Crippen LogP contribution in [-0.2, 0) is 11.8 Å². The van der Waals surface area contributed by atoms with Crippen molar-refractivity contribution in [3.63, 3.8) is 0 Å².